The molecule has 0 radical (unpaired) electrons. The Kier molecular flexibility index (Phi) is 13.6. The second-order valence-corrected chi connectivity index (χ2v) is 16.1. The first-order chi connectivity index (χ1) is 25.2. The number of carbonyl (C=O) groups excluding carboxylic acids is 2. The van der Waals surface area contributed by atoms with Gasteiger partial charge in [0, 0.05) is 43.9 Å². The second kappa shape index (κ2) is 18.3. The maximum atomic E-state index is 14.1. The summed E-state index contributed by atoms with van der Waals surface area (Å²) in [6.45, 7) is 3.78. The normalized spacial score (nSPS) is 29.6. The van der Waals surface area contributed by atoms with Crippen LogP contribution in [0.3, 0.4) is 0 Å². The van der Waals surface area contributed by atoms with Gasteiger partial charge in [-0.25, -0.2) is 4.39 Å². The lowest BCUT2D eigenvalue weighted by Gasteiger charge is -2.43. The highest BCUT2D eigenvalue weighted by Gasteiger charge is 2.38. The number of benzene rings is 2. The lowest BCUT2D eigenvalue weighted by molar-refractivity contribution is -0.134. The number of nitrogens with one attached hydrogen (secondary N) is 1. The molecular weight excluding hydrogens is 709 g/mol. The summed E-state index contributed by atoms with van der Waals surface area (Å²) in [6, 6.07) is 11.4. The van der Waals surface area contributed by atoms with Gasteiger partial charge >= 0.3 is 0 Å². The van der Waals surface area contributed by atoms with E-state index in [0.717, 1.165) is 44.3 Å². The molecule has 3 aliphatic heterocycles. The largest absolute Gasteiger partial charge is 0.491 e. The van der Waals surface area contributed by atoms with Crippen molar-refractivity contribution >= 4 is 39.7 Å². The van der Waals surface area contributed by atoms with Gasteiger partial charge in [0.2, 0.25) is 5.91 Å². The van der Waals surface area contributed by atoms with Gasteiger partial charge in [0.1, 0.15) is 18.5 Å². The van der Waals surface area contributed by atoms with Crippen LogP contribution in [0, 0.1) is 17.8 Å². The summed E-state index contributed by atoms with van der Waals surface area (Å²) < 4.78 is 55.2. The van der Waals surface area contributed by atoms with Crippen LogP contribution in [0.4, 0.5) is 10.1 Å². The molecule has 52 heavy (non-hydrogen) atoms. The predicted octanol–water partition coefficient (Wildman–Crippen LogP) is 6.61. The fraction of sp³-hybridized carbons (Fsp3) is 0.590. The molecule has 1 saturated carbocycles. The van der Waals surface area contributed by atoms with E-state index < -0.39 is 39.9 Å². The van der Waals surface area contributed by atoms with E-state index in [1.165, 1.54) is 11.1 Å². The minimum atomic E-state index is -1.99. The molecule has 6 rings (SSSR count). The summed E-state index contributed by atoms with van der Waals surface area (Å²) in [7, 11) is -0.253. The van der Waals surface area contributed by atoms with Crippen molar-refractivity contribution in [3.63, 3.8) is 0 Å². The Hall–Kier alpha value is -3.03. The number of fused-ring (bicyclic) bond motifs is 3. The third kappa shape index (κ3) is 9.74. The third-order valence-electron chi connectivity index (χ3n) is 10.9. The van der Waals surface area contributed by atoms with Crippen LogP contribution in [-0.4, -0.2) is 82.1 Å². The first-order valence-corrected chi connectivity index (χ1v) is 20.0. The molecule has 7 atom stereocenters. The van der Waals surface area contributed by atoms with Gasteiger partial charge in [-0.2, -0.15) is 10.6 Å². The van der Waals surface area contributed by atoms with Gasteiger partial charge in [0.25, 0.3) is 5.91 Å². The number of methoxy groups -OCH3 is 1. The van der Waals surface area contributed by atoms with Crippen LogP contribution in [0.25, 0.3) is 0 Å². The fourth-order valence-electron chi connectivity index (χ4n) is 7.56. The van der Waals surface area contributed by atoms with E-state index in [9.17, 15) is 18.2 Å². The van der Waals surface area contributed by atoms with Crippen LogP contribution in [0.15, 0.2) is 52.9 Å². The Bertz CT molecular complexity index is 1690. The SMILES string of the molecule is CO[C@H]1/C=C/C[C@H](C)[C@@H](CNC(=O)CO[C@H]2CCOC[C@H]2F)[S-](=O)=NC(=O)c2ccc3c(c2)N(Cc2ccc(Cl)cc2CCCCO3)C[C@@H]2CC[C@H]21. The molecule has 2 bridgehead atoms. The van der Waals surface area contributed by atoms with E-state index in [1.54, 1.807) is 13.2 Å². The number of amides is 2. The average molecular weight is 759 g/mol. The number of halogens is 2. The van der Waals surface area contributed by atoms with Crippen molar-refractivity contribution in [2.75, 3.05) is 51.5 Å². The highest BCUT2D eigenvalue weighted by Crippen LogP contribution is 2.42. The molecule has 2 fully saturated rings. The maximum absolute atomic E-state index is 14.1. The Balaban J connectivity index is 1.31. The predicted molar refractivity (Wildman–Crippen MR) is 199 cm³/mol. The molecule has 4 aliphatic rings. The molecule has 2 amide bonds. The van der Waals surface area contributed by atoms with Gasteiger partial charge < -0.3 is 37.7 Å². The molecular formula is C39H50ClFN3O7S-. The van der Waals surface area contributed by atoms with Gasteiger partial charge in [-0.05, 0) is 98.2 Å². The molecule has 2 aromatic rings. The van der Waals surface area contributed by atoms with Crippen molar-refractivity contribution in [2.24, 2.45) is 22.1 Å². The van der Waals surface area contributed by atoms with E-state index in [2.05, 4.69) is 32.8 Å². The van der Waals surface area contributed by atoms with Crippen LogP contribution in [0.5, 0.6) is 5.75 Å². The number of hydrogen-bond acceptors (Lipinski definition) is 9. The summed E-state index contributed by atoms with van der Waals surface area (Å²) >= 11 is 6.45. The molecule has 0 unspecified atom stereocenters. The van der Waals surface area contributed by atoms with Gasteiger partial charge in [-0.15, -0.1) is 0 Å². The molecule has 0 spiro atoms. The van der Waals surface area contributed by atoms with Crippen LogP contribution >= 0.6 is 11.6 Å². The molecule has 2 aromatic carbocycles. The third-order valence-corrected chi connectivity index (χ3v) is 12.6. The van der Waals surface area contributed by atoms with Gasteiger partial charge in [0.05, 0.1) is 31.1 Å². The summed E-state index contributed by atoms with van der Waals surface area (Å²) in [5.41, 5.74) is 3.47. The highest BCUT2D eigenvalue weighted by molar-refractivity contribution is 7.76. The quantitative estimate of drug-likeness (QED) is 0.259. The standard InChI is InChI=1S/C39H50ClFN3O7S/c1-25-6-5-8-34(48-2)31-13-10-29(31)22-44-21-28-9-12-30(40)18-26(28)7-3-4-16-50-36-14-11-27(19-33(36)44)39(46)43-52(47)37(25)20-42-38(45)24-51-35-15-17-49-23-32(35)41/h5,8-9,11-12,14,18-19,25,29,31-32,34-35,37H,3-4,6-7,10,13,15-17,20-24H2,1-2H3,(H,42,45)/q-1/b8-5+/t25-,29-,31+,32+,34-,35-,37+/m0/s1. The van der Waals surface area contributed by atoms with E-state index in [4.69, 9.17) is 30.5 Å². The Labute approximate surface area is 312 Å². The molecule has 1 aliphatic carbocycles. The average Bonchev–Trinajstić information content (AvgIpc) is 3.15. The zero-order valence-electron chi connectivity index (χ0n) is 30.0. The highest BCUT2D eigenvalue weighted by atomic mass is 35.5. The lowest BCUT2D eigenvalue weighted by atomic mass is 9.70. The number of alkyl halides is 1. The zero-order valence-corrected chi connectivity index (χ0v) is 31.5. The Morgan fingerprint density at radius 1 is 1.13 bits per heavy atom. The van der Waals surface area contributed by atoms with Crippen molar-refractivity contribution in [3.05, 3.63) is 70.3 Å². The van der Waals surface area contributed by atoms with E-state index in [-0.39, 0.29) is 31.8 Å². The van der Waals surface area contributed by atoms with Gasteiger partial charge in [0.15, 0.2) is 0 Å². The number of hydrogen-bond donors (Lipinski definition) is 1. The molecule has 3 heterocycles. The van der Waals surface area contributed by atoms with E-state index in [1.807, 2.05) is 31.2 Å². The number of rotatable bonds is 6. The number of carbonyl (C=O) groups is 2. The number of allylic oxidation sites excluding steroid dienone is 1. The molecule has 1 saturated heterocycles. The van der Waals surface area contributed by atoms with Crippen LogP contribution in [-0.2, 0) is 46.8 Å². The lowest BCUT2D eigenvalue weighted by Crippen LogP contribution is -2.43. The van der Waals surface area contributed by atoms with Crippen molar-refractivity contribution < 1.29 is 37.1 Å². The number of aryl methyl sites for hydroxylation is 1. The molecule has 13 heteroatoms. The van der Waals surface area contributed by atoms with Crippen LogP contribution in [0.1, 0.15) is 66.9 Å². The summed E-state index contributed by atoms with van der Waals surface area (Å²) in [6.07, 6.45) is 7.72. The maximum Gasteiger partial charge on any atom is 0.254 e. The minimum Gasteiger partial charge on any atom is -0.491 e. The topological polar surface area (TPSA) is 116 Å². The van der Waals surface area contributed by atoms with E-state index >= 15 is 0 Å². The molecule has 1 N–H and O–H groups in total. The van der Waals surface area contributed by atoms with Crippen molar-refractivity contribution in [3.8, 4) is 5.75 Å². The Morgan fingerprint density at radius 3 is 2.79 bits per heavy atom. The number of anilines is 1. The summed E-state index contributed by atoms with van der Waals surface area (Å²) in [5.74, 6) is 0.0381. The van der Waals surface area contributed by atoms with Crippen molar-refractivity contribution in [1.29, 1.82) is 0 Å². The fourth-order valence-corrected chi connectivity index (χ4v) is 8.89. The van der Waals surface area contributed by atoms with Crippen molar-refractivity contribution in [1.82, 2.24) is 5.32 Å². The van der Waals surface area contributed by atoms with Crippen molar-refractivity contribution in [2.45, 2.75) is 82.0 Å². The van der Waals surface area contributed by atoms with E-state index in [0.29, 0.717) is 60.8 Å². The van der Waals surface area contributed by atoms with Gasteiger partial charge in [-0.1, -0.05) is 47.9 Å². The summed E-state index contributed by atoms with van der Waals surface area (Å²) in [5, 5.41) is 2.82. The number of nitrogens with zero attached hydrogens (tertiary/aromatic N) is 2. The molecule has 0 aromatic heterocycles. The zero-order chi connectivity index (χ0) is 36.6. The minimum absolute atomic E-state index is 0.00105. The molecule has 10 nitrogen and oxygen atoms in total. The number of ether oxygens (including phenoxy) is 4. The Morgan fingerprint density at radius 2 is 2.00 bits per heavy atom. The van der Waals surface area contributed by atoms with Crippen LogP contribution < -0.4 is 15.0 Å². The second-order valence-electron chi connectivity index (χ2n) is 14.4. The first kappa shape index (κ1) is 38.7. The smallest absolute Gasteiger partial charge is 0.254 e. The van der Waals surface area contributed by atoms with Crippen LogP contribution in [0.2, 0.25) is 5.02 Å². The summed E-state index contributed by atoms with van der Waals surface area (Å²) in [4.78, 5) is 28.9. The monoisotopic (exact) mass is 758 g/mol. The first-order valence-electron chi connectivity index (χ1n) is 18.5. The molecule has 284 valence electrons. The van der Waals surface area contributed by atoms with Gasteiger partial charge in [-0.3, -0.25) is 9.59 Å².